The molecule has 0 bridgehead atoms. The molecule has 2 aromatic carbocycles. The maximum absolute atomic E-state index is 13.2. The lowest BCUT2D eigenvalue weighted by atomic mass is 10.1. The van der Waals surface area contributed by atoms with E-state index in [-0.39, 0.29) is 18.2 Å². The third-order valence-electron chi connectivity index (χ3n) is 4.64. The number of nitrogens with one attached hydrogen (secondary N) is 1. The van der Waals surface area contributed by atoms with E-state index >= 15 is 0 Å². The van der Waals surface area contributed by atoms with Crippen LogP contribution in [0.3, 0.4) is 0 Å². The van der Waals surface area contributed by atoms with Gasteiger partial charge in [-0.15, -0.1) is 0 Å². The quantitative estimate of drug-likeness (QED) is 0.670. The Kier molecular flexibility index (Phi) is 8.52. The lowest BCUT2D eigenvalue weighted by molar-refractivity contribution is -0.140. The number of hydrogen-bond donors (Lipinski definition) is 1. The fourth-order valence-electron chi connectivity index (χ4n) is 2.91. The van der Waals surface area contributed by atoms with Crippen molar-refractivity contribution in [2.24, 2.45) is 5.92 Å². The van der Waals surface area contributed by atoms with Crippen LogP contribution in [-0.4, -0.2) is 36.4 Å². The minimum Gasteiger partial charge on any atom is -0.497 e. The zero-order valence-electron chi connectivity index (χ0n) is 17.4. The van der Waals surface area contributed by atoms with E-state index in [4.69, 9.17) is 16.3 Å². The second-order valence-corrected chi connectivity index (χ2v) is 7.86. The highest BCUT2D eigenvalue weighted by molar-refractivity contribution is 6.31. The van der Waals surface area contributed by atoms with Gasteiger partial charge in [0, 0.05) is 18.1 Å². The van der Waals surface area contributed by atoms with Gasteiger partial charge >= 0.3 is 0 Å². The van der Waals surface area contributed by atoms with Crippen molar-refractivity contribution in [1.82, 2.24) is 10.2 Å². The molecule has 6 heteroatoms. The van der Waals surface area contributed by atoms with Gasteiger partial charge in [0.1, 0.15) is 11.8 Å². The van der Waals surface area contributed by atoms with Crippen molar-refractivity contribution in [3.05, 3.63) is 64.7 Å². The first kappa shape index (κ1) is 22.8. The number of benzene rings is 2. The van der Waals surface area contributed by atoms with Gasteiger partial charge < -0.3 is 15.0 Å². The molecule has 2 rings (SSSR count). The molecule has 0 heterocycles. The Hall–Kier alpha value is -2.53. The first-order valence-electron chi connectivity index (χ1n) is 9.75. The first-order chi connectivity index (χ1) is 13.8. The zero-order valence-corrected chi connectivity index (χ0v) is 18.2. The van der Waals surface area contributed by atoms with Crippen LogP contribution in [0.25, 0.3) is 0 Å². The number of halogens is 1. The molecule has 2 aromatic rings. The lowest BCUT2D eigenvalue weighted by Gasteiger charge is -2.29. The third-order valence-corrected chi connectivity index (χ3v) is 5.01. The topological polar surface area (TPSA) is 58.6 Å². The van der Waals surface area contributed by atoms with Gasteiger partial charge in [-0.25, -0.2) is 0 Å². The van der Waals surface area contributed by atoms with Gasteiger partial charge in [-0.2, -0.15) is 0 Å². The van der Waals surface area contributed by atoms with Crippen molar-refractivity contribution in [3.8, 4) is 5.75 Å². The van der Waals surface area contributed by atoms with Gasteiger partial charge in [-0.05, 0) is 42.2 Å². The van der Waals surface area contributed by atoms with Gasteiger partial charge in [0.15, 0.2) is 0 Å². The average molecular weight is 417 g/mol. The van der Waals surface area contributed by atoms with Gasteiger partial charge in [-0.3, -0.25) is 9.59 Å². The molecule has 0 aromatic heterocycles. The number of carbonyl (C=O) groups is 2. The molecule has 0 aliphatic heterocycles. The summed E-state index contributed by atoms with van der Waals surface area (Å²) in [4.78, 5) is 27.4. The van der Waals surface area contributed by atoms with Crippen molar-refractivity contribution >= 4 is 23.4 Å². The molecule has 0 fully saturated rings. The van der Waals surface area contributed by atoms with E-state index in [2.05, 4.69) is 5.32 Å². The number of carbonyl (C=O) groups excluding carboxylic acids is 2. The molecule has 2 amide bonds. The van der Waals surface area contributed by atoms with Crippen LogP contribution in [-0.2, 0) is 22.6 Å². The summed E-state index contributed by atoms with van der Waals surface area (Å²) in [5.41, 5.74) is 1.63. The van der Waals surface area contributed by atoms with Crippen molar-refractivity contribution in [1.29, 1.82) is 0 Å². The minimum atomic E-state index is -0.616. The van der Waals surface area contributed by atoms with Crippen molar-refractivity contribution in [3.63, 3.8) is 0 Å². The van der Waals surface area contributed by atoms with Crippen LogP contribution >= 0.6 is 11.6 Å². The summed E-state index contributed by atoms with van der Waals surface area (Å²) in [5, 5.41) is 3.46. The van der Waals surface area contributed by atoms with E-state index in [1.807, 2.05) is 56.3 Å². The summed E-state index contributed by atoms with van der Waals surface area (Å²) >= 11 is 6.23. The second-order valence-electron chi connectivity index (χ2n) is 7.46. The number of amides is 2. The van der Waals surface area contributed by atoms with E-state index in [1.54, 1.807) is 25.0 Å². The minimum absolute atomic E-state index is 0.130. The molecule has 5 nitrogen and oxygen atoms in total. The van der Waals surface area contributed by atoms with E-state index in [0.717, 1.165) is 11.1 Å². The SMILES string of the molecule is COc1cccc(CN(C(=O)Cc2ccccc2Cl)C(C)C(=O)NCC(C)C)c1. The van der Waals surface area contributed by atoms with Crippen LogP contribution < -0.4 is 10.1 Å². The number of rotatable bonds is 9. The van der Waals surface area contributed by atoms with E-state index in [1.165, 1.54) is 0 Å². The zero-order chi connectivity index (χ0) is 21.4. The smallest absolute Gasteiger partial charge is 0.242 e. The Balaban J connectivity index is 2.24. The number of hydrogen-bond acceptors (Lipinski definition) is 3. The molecule has 0 aliphatic rings. The number of methoxy groups -OCH3 is 1. The van der Waals surface area contributed by atoms with E-state index in [9.17, 15) is 9.59 Å². The molecule has 29 heavy (non-hydrogen) atoms. The molecule has 0 spiro atoms. The summed E-state index contributed by atoms with van der Waals surface area (Å²) in [7, 11) is 1.60. The van der Waals surface area contributed by atoms with Crippen LogP contribution in [0.15, 0.2) is 48.5 Å². The van der Waals surface area contributed by atoms with Crippen LogP contribution in [0, 0.1) is 5.92 Å². The Morgan fingerprint density at radius 3 is 2.48 bits per heavy atom. The Bertz CT molecular complexity index is 838. The van der Waals surface area contributed by atoms with Gasteiger partial charge in [0.05, 0.1) is 13.5 Å². The summed E-state index contributed by atoms with van der Waals surface area (Å²) in [6, 6.07) is 14.1. The summed E-state index contributed by atoms with van der Waals surface area (Å²) in [5.74, 6) is 0.706. The van der Waals surface area contributed by atoms with Crippen molar-refractivity contribution in [2.45, 2.75) is 39.8 Å². The predicted octanol–water partition coefficient (Wildman–Crippen LogP) is 4.08. The van der Waals surface area contributed by atoms with Crippen LogP contribution in [0.5, 0.6) is 5.75 Å². The predicted molar refractivity (Wildman–Crippen MR) is 116 cm³/mol. The summed E-state index contributed by atoms with van der Waals surface area (Å²) in [6.07, 6.45) is 0.130. The largest absolute Gasteiger partial charge is 0.497 e. The van der Waals surface area contributed by atoms with Gasteiger partial charge in [0.25, 0.3) is 0 Å². The number of ether oxygens (including phenoxy) is 1. The molecular weight excluding hydrogens is 388 g/mol. The fraction of sp³-hybridized carbons (Fsp3) is 0.391. The third kappa shape index (κ3) is 6.79. The molecule has 1 atom stereocenters. The lowest BCUT2D eigenvalue weighted by Crippen LogP contribution is -2.48. The maximum Gasteiger partial charge on any atom is 0.242 e. The molecule has 156 valence electrons. The highest BCUT2D eigenvalue weighted by Gasteiger charge is 2.26. The summed E-state index contributed by atoms with van der Waals surface area (Å²) < 4.78 is 5.28. The molecule has 0 radical (unpaired) electrons. The Morgan fingerprint density at radius 1 is 1.10 bits per heavy atom. The Morgan fingerprint density at radius 2 is 1.83 bits per heavy atom. The summed E-state index contributed by atoms with van der Waals surface area (Å²) in [6.45, 7) is 6.68. The van der Waals surface area contributed by atoms with Crippen molar-refractivity contribution in [2.75, 3.05) is 13.7 Å². The van der Waals surface area contributed by atoms with Crippen LogP contribution in [0.4, 0.5) is 0 Å². The monoisotopic (exact) mass is 416 g/mol. The second kappa shape index (κ2) is 10.9. The van der Waals surface area contributed by atoms with Crippen molar-refractivity contribution < 1.29 is 14.3 Å². The molecule has 0 saturated heterocycles. The normalized spacial score (nSPS) is 11.8. The maximum atomic E-state index is 13.2. The van der Waals surface area contributed by atoms with Gasteiger partial charge in [-0.1, -0.05) is 55.8 Å². The standard InChI is InChI=1S/C23H29ClN2O3/c1-16(2)14-25-23(28)17(3)26(15-18-8-7-10-20(12-18)29-4)22(27)13-19-9-5-6-11-21(19)24/h5-12,16-17H,13-15H2,1-4H3,(H,25,28). The first-order valence-corrected chi connectivity index (χ1v) is 10.1. The van der Waals surface area contributed by atoms with Crippen LogP contribution in [0.1, 0.15) is 31.9 Å². The van der Waals surface area contributed by atoms with E-state index < -0.39 is 6.04 Å². The Labute approximate surface area is 178 Å². The van der Waals surface area contributed by atoms with E-state index in [0.29, 0.717) is 29.8 Å². The highest BCUT2D eigenvalue weighted by Crippen LogP contribution is 2.20. The molecular formula is C23H29ClN2O3. The highest BCUT2D eigenvalue weighted by atomic mass is 35.5. The molecule has 0 aliphatic carbocycles. The van der Waals surface area contributed by atoms with Crippen LogP contribution in [0.2, 0.25) is 5.02 Å². The van der Waals surface area contributed by atoms with Gasteiger partial charge in [0.2, 0.25) is 11.8 Å². The average Bonchev–Trinajstić information content (AvgIpc) is 2.71. The molecule has 1 unspecified atom stereocenters. The molecule has 0 saturated carbocycles. The number of nitrogens with zero attached hydrogens (tertiary/aromatic N) is 1. The molecule has 1 N–H and O–H groups in total. The fourth-order valence-corrected chi connectivity index (χ4v) is 3.11.